The highest BCUT2D eigenvalue weighted by atomic mass is 15.1. The maximum absolute atomic E-state index is 5.71. The average Bonchev–Trinajstić information content (AvgIpc) is 2.69. The first-order chi connectivity index (χ1) is 13.2. The van der Waals surface area contributed by atoms with Crippen LogP contribution in [0.5, 0.6) is 0 Å². The molecule has 1 heterocycles. The molecule has 0 aliphatic rings. The van der Waals surface area contributed by atoms with Gasteiger partial charge in [-0.2, -0.15) is 0 Å². The van der Waals surface area contributed by atoms with Gasteiger partial charge < -0.3 is 5.73 Å². The molecule has 0 fully saturated rings. The molecule has 0 spiro atoms. The van der Waals surface area contributed by atoms with Gasteiger partial charge in [-0.15, -0.1) is 0 Å². The number of benzene rings is 2. The number of nitrogens with two attached hydrogens (primary N) is 1. The SMILES string of the molecule is Cc1cccc(CN(CC=Cc2ccccc2)Cc2ccc(CN)cc2)n1. The van der Waals surface area contributed by atoms with Crippen LogP contribution < -0.4 is 5.73 Å². The highest BCUT2D eigenvalue weighted by Crippen LogP contribution is 2.12. The molecule has 1 aromatic heterocycles. The molecule has 0 amide bonds. The fourth-order valence-corrected chi connectivity index (χ4v) is 3.04. The van der Waals surface area contributed by atoms with Gasteiger partial charge in [-0.25, -0.2) is 0 Å². The minimum absolute atomic E-state index is 0.580. The number of hydrogen-bond donors (Lipinski definition) is 1. The molecule has 2 N–H and O–H groups in total. The molecule has 0 aliphatic heterocycles. The van der Waals surface area contributed by atoms with Crippen molar-refractivity contribution in [2.24, 2.45) is 5.73 Å². The van der Waals surface area contributed by atoms with Crippen LogP contribution in [0.3, 0.4) is 0 Å². The van der Waals surface area contributed by atoms with E-state index in [-0.39, 0.29) is 0 Å². The Labute approximate surface area is 162 Å². The number of aromatic nitrogens is 1. The molecular weight excluding hydrogens is 330 g/mol. The van der Waals surface area contributed by atoms with E-state index in [1.165, 1.54) is 11.1 Å². The predicted molar refractivity (Wildman–Crippen MR) is 113 cm³/mol. The maximum Gasteiger partial charge on any atom is 0.0547 e. The van der Waals surface area contributed by atoms with Crippen molar-refractivity contribution >= 4 is 6.08 Å². The highest BCUT2D eigenvalue weighted by Gasteiger charge is 2.07. The predicted octanol–water partition coefficient (Wildman–Crippen LogP) is 4.56. The summed E-state index contributed by atoms with van der Waals surface area (Å²) < 4.78 is 0. The fourth-order valence-electron chi connectivity index (χ4n) is 3.04. The summed E-state index contributed by atoms with van der Waals surface area (Å²) in [5.74, 6) is 0. The number of hydrogen-bond acceptors (Lipinski definition) is 3. The lowest BCUT2D eigenvalue weighted by atomic mass is 10.1. The van der Waals surface area contributed by atoms with Crippen molar-refractivity contribution in [3.05, 3.63) is 107 Å². The standard InChI is InChI=1S/C24H27N3/c1-20-7-5-11-24(26-20)19-27(16-6-10-21-8-3-2-4-9-21)18-23-14-12-22(17-25)13-15-23/h2-15H,16-19,25H2,1H3. The van der Waals surface area contributed by atoms with Gasteiger partial charge >= 0.3 is 0 Å². The molecule has 27 heavy (non-hydrogen) atoms. The zero-order chi connectivity index (χ0) is 18.9. The van der Waals surface area contributed by atoms with Crippen LogP contribution in [-0.2, 0) is 19.6 Å². The van der Waals surface area contributed by atoms with Crippen LogP contribution in [0.15, 0.2) is 78.9 Å². The lowest BCUT2D eigenvalue weighted by Crippen LogP contribution is -2.23. The number of nitrogens with zero attached hydrogens (tertiary/aromatic N) is 2. The van der Waals surface area contributed by atoms with Crippen LogP contribution in [0.1, 0.15) is 28.1 Å². The van der Waals surface area contributed by atoms with Crippen molar-refractivity contribution < 1.29 is 0 Å². The Bertz CT molecular complexity index is 854. The summed E-state index contributed by atoms with van der Waals surface area (Å²) in [6.45, 7) is 5.17. The monoisotopic (exact) mass is 357 g/mol. The van der Waals surface area contributed by atoms with Gasteiger partial charge in [0.15, 0.2) is 0 Å². The van der Waals surface area contributed by atoms with Crippen LogP contribution in [0.4, 0.5) is 0 Å². The van der Waals surface area contributed by atoms with E-state index in [1.807, 2.05) is 19.1 Å². The molecule has 0 atom stereocenters. The number of pyridine rings is 1. The van der Waals surface area contributed by atoms with Gasteiger partial charge in [0, 0.05) is 31.9 Å². The van der Waals surface area contributed by atoms with Crippen LogP contribution >= 0.6 is 0 Å². The summed E-state index contributed by atoms with van der Waals surface area (Å²) in [4.78, 5) is 7.07. The van der Waals surface area contributed by atoms with Crippen molar-refractivity contribution in [1.29, 1.82) is 0 Å². The fraction of sp³-hybridized carbons (Fsp3) is 0.208. The molecule has 3 aromatic rings. The van der Waals surface area contributed by atoms with Crippen molar-refractivity contribution in [3.63, 3.8) is 0 Å². The van der Waals surface area contributed by atoms with E-state index >= 15 is 0 Å². The summed E-state index contributed by atoms with van der Waals surface area (Å²) in [7, 11) is 0. The van der Waals surface area contributed by atoms with Crippen LogP contribution in [-0.4, -0.2) is 16.4 Å². The van der Waals surface area contributed by atoms with E-state index in [1.54, 1.807) is 0 Å². The Hall–Kier alpha value is -2.75. The first-order valence-electron chi connectivity index (χ1n) is 9.37. The van der Waals surface area contributed by atoms with E-state index in [0.29, 0.717) is 6.54 Å². The van der Waals surface area contributed by atoms with E-state index in [2.05, 4.69) is 82.7 Å². The van der Waals surface area contributed by atoms with E-state index in [0.717, 1.165) is 36.6 Å². The van der Waals surface area contributed by atoms with Gasteiger partial charge in [0.05, 0.1) is 5.69 Å². The molecule has 0 saturated heterocycles. The summed E-state index contributed by atoms with van der Waals surface area (Å²) in [6.07, 6.45) is 4.40. The zero-order valence-electron chi connectivity index (χ0n) is 15.9. The third-order valence-corrected chi connectivity index (χ3v) is 4.47. The van der Waals surface area contributed by atoms with Crippen molar-refractivity contribution in [2.75, 3.05) is 6.54 Å². The Morgan fingerprint density at radius 2 is 1.59 bits per heavy atom. The first-order valence-corrected chi connectivity index (χ1v) is 9.37. The van der Waals surface area contributed by atoms with Crippen LogP contribution in [0.25, 0.3) is 6.08 Å². The van der Waals surface area contributed by atoms with Gasteiger partial charge in [0.25, 0.3) is 0 Å². The van der Waals surface area contributed by atoms with Gasteiger partial charge in [0.2, 0.25) is 0 Å². The summed E-state index contributed by atoms with van der Waals surface area (Å²) >= 11 is 0. The van der Waals surface area contributed by atoms with Crippen LogP contribution in [0, 0.1) is 6.92 Å². The highest BCUT2D eigenvalue weighted by molar-refractivity contribution is 5.48. The molecule has 2 aromatic carbocycles. The quantitative estimate of drug-likeness (QED) is 0.642. The second-order valence-corrected chi connectivity index (χ2v) is 6.77. The molecule has 0 radical (unpaired) electrons. The third kappa shape index (κ3) is 6.17. The Morgan fingerprint density at radius 3 is 2.30 bits per heavy atom. The maximum atomic E-state index is 5.71. The Kier molecular flexibility index (Phi) is 6.91. The van der Waals surface area contributed by atoms with Gasteiger partial charge in [-0.1, -0.05) is 72.8 Å². The first kappa shape index (κ1) is 19.0. The van der Waals surface area contributed by atoms with Gasteiger partial charge in [-0.3, -0.25) is 9.88 Å². The number of rotatable bonds is 8. The van der Waals surface area contributed by atoms with E-state index < -0.39 is 0 Å². The van der Waals surface area contributed by atoms with E-state index in [9.17, 15) is 0 Å². The normalized spacial score (nSPS) is 11.4. The summed E-state index contributed by atoms with van der Waals surface area (Å²) in [6, 6.07) is 25.2. The molecular formula is C24H27N3. The van der Waals surface area contributed by atoms with E-state index in [4.69, 9.17) is 5.73 Å². The average molecular weight is 358 g/mol. The Morgan fingerprint density at radius 1 is 0.852 bits per heavy atom. The van der Waals surface area contributed by atoms with Gasteiger partial charge in [-0.05, 0) is 35.7 Å². The molecule has 0 bridgehead atoms. The topological polar surface area (TPSA) is 42.1 Å². The minimum atomic E-state index is 0.580. The Balaban J connectivity index is 1.71. The molecule has 0 saturated carbocycles. The third-order valence-electron chi connectivity index (χ3n) is 4.47. The lowest BCUT2D eigenvalue weighted by molar-refractivity contribution is 0.282. The van der Waals surface area contributed by atoms with Crippen molar-refractivity contribution in [3.8, 4) is 0 Å². The van der Waals surface area contributed by atoms with Crippen molar-refractivity contribution in [2.45, 2.75) is 26.6 Å². The molecule has 3 nitrogen and oxygen atoms in total. The molecule has 0 aliphatic carbocycles. The molecule has 3 heteroatoms. The summed E-state index contributed by atoms with van der Waals surface area (Å²) in [5, 5.41) is 0. The van der Waals surface area contributed by atoms with Crippen molar-refractivity contribution in [1.82, 2.24) is 9.88 Å². The molecule has 0 unspecified atom stereocenters. The second kappa shape index (κ2) is 9.81. The summed E-state index contributed by atoms with van der Waals surface area (Å²) in [5.41, 5.74) is 11.5. The zero-order valence-corrected chi connectivity index (χ0v) is 15.9. The minimum Gasteiger partial charge on any atom is -0.326 e. The second-order valence-electron chi connectivity index (χ2n) is 6.77. The molecule has 138 valence electrons. The lowest BCUT2D eigenvalue weighted by Gasteiger charge is -2.21. The largest absolute Gasteiger partial charge is 0.326 e. The van der Waals surface area contributed by atoms with Crippen LogP contribution in [0.2, 0.25) is 0 Å². The van der Waals surface area contributed by atoms with Gasteiger partial charge in [0.1, 0.15) is 0 Å². The molecule has 3 rings (SSSR count). The smallest absolute Gasteiger partial charge is 0.0547 e. The number of aryl methyl sites for hydroxylation is 1.